The van der Waals surface area contributed by atoms with E-state index in [0.29, 0.717) is 24.6 Å². The standard InChI is InChI=1S/C12H17N3O2S/c1-3-4-9(16)5-11-14-10(15-17-11)6-12-13-8(2)7-18-12/h7,9,16H,3-6H2,1-2H3. The highest BCUT2D eigenvalue weighted by molar-refractivity contribution is 7.09. The van der Waals surface area contributed by atoms with Gasteiger partial charge in [-0.2, -0.15) is 4.98 Å². The van der Waals surface area contributed by atoms with Crippen molar-refractivity contribution in [1.82, 2.24) is 15.1 Å². The summed E-state index contributed by atoms with van der Waals surface area (Å²) < 4.78 is 5.12. The average Bonchev–Trinajstić information content (AvgIpc) is 2.89. The van der Waals surface area contributed by atoms with Crippen LogP contribution in [0.2, 0.25) is 0 Å². The van der Waals surface area contributed by atoms with E-state index >= 15 is 0 Å². The first-order valence-corrected chi connectivity index (χ1v) is 6.96. The number of rotatable bonds is 6. The first-order chi connectivity index (χ1) is 8.67. The predicted molar refractivity (Wildman–Crippen MR) is 68.6 cm³/mol. The van der Waals surface area contributed by atoms with E-state index in [4.69, 9.17) is 4.52 Å². The van der Waals surface area contributed by atoms with Crippen LogP contribution in [0.5, 0.6) is 0 Å². The Labute approximate surface area is 110 Å². The summed E-state index contributed by atoms with van der Waals surface area (Å²) in [6.45, 7) is 4.00. The lowest BCUT2D eigenvalue weighted by Gasteiger charge is -2.03. The highest BCUT2D eigenvalue weighted by Crippen LogP contribution is 2.13. The molecule has 0 aliphatic rings. The van der Waals surface area contributed by atoms with Gasteiger partial charge in [0.2, 0.25) is 5.89 Å². The fourth-order valence-electron chi connectivity index (χ4n) is 1.70. The van der Waals surface area contributed by atoms with E-state index in [1.54, 1.807) is 11.3 Å². The zero-order valence-electron chi connectivity index (χ0n) is 10.6. The van der Waals surface area contributed by atoms with Gasteiger partial charge in [-0.1, -0.05) is 18.5 Å². The molecule has 0 aromatic carbocycles. The Kier molecular flexibility index (Phi) is 4.43. The topological polar surface area (TPSA) is 72.0 Å². The lowest BCUT2D eigenvalue weighted by molar-refractivity contribution is 0.151. The molecule has 0 spiro atoms. The van der Waals surface area contributed by atoms with Crippen molar-refractivity contribution < 1.29 is 9.63 Å². The fraction of sp³-hybridized carbons (Fsp3) is 0.583. The molecule has 0 saturated heterocycles. The van der Waals surface area contributed by atoms with Crippen molar-refractivity contribution in [2.24, 2.45) is 0 Å². The number of aliphatic hydroxyl groups is 1. The third-order valence-corrected chi connectivity index (χ3v) is 3.48. The van der Waals surface area contributed by atoms with Gasteiger partial charge in [0.25, 0.3) is 0 Å². The summed E-state index contributed by atoms with van der Waals surface area (Å²) >= 11 is 1.59. The second-order valence-electron chi connectivity index (χ2n) is 4.31. The first-order valence-electron chi connectivity index (χ1n) is 6.08. The van der Waals surface area contributed by atoms with Gasteiger partial charge in [-0.15, -0.1) is 11.3 Å². The molecule has 0 amide bonds. The van der Waals surface area contributed by atoms with Gasteiger partial charge in [-0.25, -0.2) is 4.98 Å². The van der Waals surface area contributed by atoms with Crippen molar-refractivity contribution in [3.63, 3.8) is 0 Å². The van der Waals surface area contributed by atoms with Gasteiger partial charge in [-0.3, -0.25) is 0 Å². The molecule has 0 fully saturated rings. The van der Waals surface area contributed by atoms with Gasteiger partial charge in [0.05, 0.1) is 18.9 Å². The summed E-state index contributed by atoms with van der Waals surface area (Å²) in [6.07, 6.45) is 2.32. The molecule has 2 aromatic heterocycles. The number of aromatic nitrogens is 3. The average molecular weight is 267 g/mol. The first kappa shape index (κ1) is 13.2. The van der Waals surface area contributed by atoms with Crippen molar-refractivity contribution in [2.45, 2.75) is 45.6 Å². The minimum absolute atomic E-state index is 0.398. The number of hydrogen-bond acceptors (Lipinski definition) is 6. The van der Waals surface area contributed by atoms with Crippen LogP contribution < -0.4 is 0 Å². The molecule has 1 atom stereocenters. The Morgan fingerprint density at radius 1 is 1.44 bits per heavy atom. The number of nitrogens with zero attached hydrogens (tertiary/aromatic N) is 3. The van der Waals surface area contributed by atoms with E-state index in [1.807, 2.05) is 19.2 Å². The molecule has 2 aromatic rings. The Morgan fingerprint density at radius 3 is 2.94 bits per heavy atom. The molecule has 5 nitrogen and oxygen atoms in total. The van der Waals surface area contributed by atoms with E-state index in [9.17, 15) is 5.11 Å². The molecule has 0 radical (unpaired) electrons. The molecule has 98 valence electrons. The van der Waals surface area contributed by atoms with Gasteiger partial charge in [0, 0.05) is 11.1 Å². The molecule has 2 heterocycles. The maximum absolute atomic E-state index is 9.67. The molecule has 6 heteroatoms. The van der Waals surface area contributed by atoms with E-state index in [0.717, 1.165) is 23.5 Å². The number of thiazole rings is 1. The lowest BCUT2D eigenvalue weighted by atomic mass is 10.1. The van der Waals surface area contributed by atoms with Crippen LogP contribution in [0.3, 0.4) is 0 Å². The Bertz CT molecular complexity index is 495. The van der Waals surface area contributed by atoms with Crippen molar-refractivity contribution in [2.75, 3.05) is 0 Å². The zero-order valence-corrected chi connectivity index (χ0v) is 11.4. The number of hydrogen-bond donors (Lipinski definition) is 1. The normalized spacial score (nSPS) is 12.8. The molecule has 2 rings (SSSR count). The van der Waals surface area contributed by atoms with Crippen molar-refractivity contribution in [1.29, 1.82) is 0 Å². The predicted octanol–water partition coefficient (Wildman–Crippen LogP) is 2.13. The van der Waals surface area contributed by atoms with Crippen LogP contribution >= 0.6 is 11.3 Å². The second-order valence-corrected chi connectivity index (χ2v) is 5.25. The summed E-state index contributed by atoms with van der Waals surface area (Å²) in [7, 11) is 0. The largest absolute Gasteiger partial charge is 0.393 e. The van der Waals surface area contributed by atoms with Crippen LogP contribution in [-0.2, 0) is 12.8 Å². The molecule has 0 saturated carbocycles. The summed E-state index contributed by atoms with van der Waals surface area (Å²) in [6, 6.07) is 0. The van der Waals surface area contributed by atoms with E-state index in [1.165, 1.54) is 0 Å². The highest BCUT2D eigenvalue weighted by atomic mass is 32.1. The number of aryl methyl sites for hydroxylation is 1. The van der Waals surface area contributed by atoms with Crippen LogP contribution in [0.15, 0.2) is 9.90 Å². The lowest BCUT2D eigenvalue weighted by Crippen LogP contribution is -2.09. The molecular weight excluding hydrogens is 250 g/mol. The smallest absolute Gasteiger partial charge is 0.229 e. The quantitative estimate of drug-likeness (QED) is 0.868. The summed E-state index contributed by atoms with van der Waals surface area (Å²) in [5.74, 6) is 1.13. The fourth-order valence-corrected chi connectivity index (χ4v) is 2.47. The summed E-state index contributed by atoms with van der Waals surface area (Å²) in [5.41, 5.74) is 1.01. The molecule has 1 N–H and O–H groups in total. The monoisotopic (exact) mass is 267 g/mol. The van der Waals surface area contributed by atoms with Gasteiger partial charge in [0.15, 0.2) is 5.82 Å². The molecule has 18 heavy (non-hydrogen) atoms. The minimum atomic E-state index is -0.398. The third-order valence-electron chi connectivity index (χ3n) is 2.52. The van der Waals surface area contributed by atoms with E-state index in [2.05, 4.69) is 15.1 Å². The van der Waals surface area contributed by atoms with Crippen molar-refractivity contribution in [3.8, 4) is 0 Å². The minimum Gasteiger partial charge on any atom is -0.393 e. The van der Waals surface area contributed by atoms with Crippen molar-refractivity contribution >= 4 is 11.3 Å². The molecule has 0 aliphatic heterocycles. The Morgan fingerprint density at radius 2 is 2.28 bits per heavy atom. The third kappa shape index (κ3) is 3.61. The maximum atomic E-state index is 9.67. The Hall–Kier alpha value is -1.27. The summed E-state index contributed by atoms with van der Waals surface area (Å²) in [4.78, 5) is 8.62. The van der Waals surface area contributed by atoms with Crippen LogP contribution in [-0.4, -0.2) is 26.3 Å². The van der Waals surface area contributed by atoms with E-state index in [-0.39, 0.29) is 0 Å². The molecular formula is C12H17N3O2S. The van der Waals surface area contributed by atoms with E-state index < -0.39 is 6.10 Å². The van der Waals surface area contributed by atoms with Crippen LogP contribution in [0, 0.1) is 6.92 Å². The SMILES string of the molecule is CCCC(O)Cc1nc(Cc2nc(C)cs2)no1. The Balaban J connectivity index is 1.93. The van der Waals surface area contributed by atoms with Gasteiger partial charge >= 0.3 is 0 Å². The van der Waals surface area contributed by atoms with Crippen LogP contribution in [0.25, 0.3) is 0 Å². The maximum Gasteiger partial charge on any atom is 0.229 e. The molecule has 0 bridgehead atoms. The molecule has 1 unspecified atom stereocenters. The second kappa shape index (κ2) is 6.06. The molecule has 0 aliphatic carbocycles. The zero-order chi connectivity index (χ0) is 13.0. The summed E-state index contributed by atoms with van der Waals surface area (Å²) in [5, 5.41) is 16.6. The van der Waals surface area contributed by atoms with Crippen LogP contribution in [0.1, 0.15) is 42.2 Å². The van der Waals surface area contributed by atoms with Gasteiger partial charge < -0.3 is 9.63 Å². The van der Waals surface area contributed by atoms with Crippen molar-refractivity contribution in [3.05, 3.63) is 27.8 Å². The number of aliphatic hydroxyl groups excluding tert-OH is 1. The van der Waals surface area contributed by atoms with Gasteiger partial charge in [-0.05, 0) is 13.3 Å². The highest BCUT2D eigenvalue weighted by Gasteiger charge is 2.12. The van der Waals surface area contributed by atoms with Crippen LogP contribution in [0.4, 0.5) is 0 Å². The van der Waals surface area contributed by atoms with Gasteiger partial charge in [0.1, 0.15) is 5.01 Å².